The molecule has 5 aliphatic heterocycles. The van der Waals surface area contributed by atoms with Crippen LogP contribution in [-0.4, -0.2) is 164 Å². The van der Waals surface area contributed by atoms with Crippen molar-refractivity contribution in [2.45, 2.75) is 50.2 Å². The van der Waals surface area contributed by atoms with Crippen molar-refractivity contribution in [2.24, 2.45) is 11.8 Å². The van der Waals surface area contributed by atoms with E-state index < -0.39 is 17.9 Å². The first-order valence-corrected chi connectivity index (χ1v) is 16.7. The summed E-state index contributed by atoms with van der Waals surface area (Å²) in [4.78, 5) is 60.5. The summed E-state index contributed by atoms with van der Waals surface area (Å²) in [5.41, 5.74) is 0.0256. The molecule has 0 bridgehead atoms. The highest BCUT2D eigenvalue weighted by Gasteiger charge is 2.60. The van der Waals surface area contributed by atoms with Gasteiger partial charge in [-0.25, -0.2) is 9.48 Å². The van der Waals surface area contributed by atoms with Crippen molar-refractivity contribution in [2.75, 3.05) is 72.0 Å². The van der Waals surface area contributed by atoms with E-state index in [0.29, 0.717) is 31.0 Å². The molecule has 45 heavy (non-hydrogen) atoms. The molecule has 3 amide bonds. The van der Waals surface area contributed by atoms with E-state index in [0.717, 1.165) is 52.4 Å². The van der Waals surface area contributed by atoms with Crippen LogP contribution >= 0.6 is 11.8 Å². The van der Waals surface area contributed by atoms with E-state index in [4.69, 9.17) is 0 Å². The van der Waals surface area contributed by atoms with Gasteiger partial charge in [0.05, 0.1) is 18.0 Å². The highest BCUT2D eigenvalue weighted by molar-refractivity contribution is 8.03. The van der Waals surface area contributed by atoms with E-state index in [2.05, 4.69) is 41.3 Å². The van der Waals surface area contributed by atoms with Crippen molar-refractivity contribution < 1.29 is 24.3 Å². The Morgan fingerprint density at radius 2 is 1.82 bits per heavy atom. The number of carbonyl (C=O) groups excluding carboxylic acids is 3. The third-order valence-corrected chi connectivity index (χ3v) is 11.2. The number of fused-ring (bicyclic) bond motifs is 1. The third-order valence-electron chi connectivity index (χ3n) is 9.72. The summed E-state index contributed by atoms with van der Waals surface area (Å²) >= 11 is 1.47. The maximum absolute atomic E-state index is 13.4. The van der Waals surface area contributed by atoms with E-state index in [-0.39, 0.29) is 53.2 Å². The quantitative estimate of drug-likeness (QED) is 0.185. The molecule has 4 N–H and O–H groups in total. The fourth-order valence-corrected chi connectivity index (χ4v) is 8.76. The molecule has 17 heteroatoms. The maximum atomic E-state index is 13.4. The second-order valence-corrected chi connectivity index (χ2v) is 13.9. The van der Waals surface area contributed by atoms with E-state index in [1.807, 2.05) is 11.8 Å². The molecule has 4 saturated heterocycles. The monoisotopic (exact) mass is 645 g/mol. The second-order valence-electron chi connectivity index (χ2n) is 12.6. The molecule has 1 aromatic heterocycles. The van der Waals surface area contributed by atoms with Crippen molar-refractivity contribution in [1.29, 1.82) is 0 Å². The predicted octanol–water partition coefficient (Wildman–Crippen LogP) is -2.54. The first-order chi connectivity index (χ1) is 21.7. The zero-order valence-corrected chi connectivity index (χ0v) is 26.6. The van der Waals surface area contributed by atoms with Gasteiger partial charge in [0.2, 0.25) is 17.7 Å². The minimum Gasteiger partial charge on any atom is -0.477 e. The minimum absolute atomic E-state index is 0.00624. The smallest absolute Gasteiger partial charge is 0.353 e. The molecule has 6 rings (SSSR count). The number of hydrogen-bond acceptors (Lipinski definition) is 12. The van der Waals surface area contributed by atoms with Gasteiger partial charge >= 0.3 is 5.97 Å². The number of aliphatic carboxylic acids is 1. The fraction of sp³-hybridized carbons (Fsp3) is 0.750. The summed E-state index contributed by atoms with van der Waals surface area (Å²) in [7, 11) is 0. The van der Waals surface area contributed by atoms with Crippen molar-refractivity contribution in [3.8, 4) is 0 Å². The van der Waals surface area contributed by atoms with Crippen LogP contribution in [0.25, 0.3) is 0 Å². The molecule has 1 aromatic rings. The molecular weight excluding hydrogens is 602 g/mol. The first-order valence-electron chi connectivity index (χ1n) is 15.9. The number of rotatable bonds is 11. The molecule has 5 aliphatic rings. The number of aromatic nitrogens is 4. The van der Waals surface area contributed by atoms with Gasteiger partial charge in [-0.1, -0.05) is 6.92 Å². The number of piperazine rings is 2. The van der Waals surface area contributed by atoms with Crippen molar-refractivity contribution in [3.63, 3.8) is 0 Å². The van der Waals surface area contributed by atoms with Gasteiger partial charge in [0.15, 0.2) is 0 Å². The van der Waals surface area contributed by atoms with Gasteiger partial charge in [-0.3, -0.25) is 24.2 Å². The van der Waals surface area contributed by atoms with E-state index in [1.54, 1.807) is 6.92 Å². The van der Waals surface area contributed by atoms with E-state index in [1.165, 1.54) is 27.7 Å². The number of carbonyl (C=O) groups is 4. The van der Waals surface area contributed by atoms with Crippen LogP contribution in [0.15, 0.2) is 16.9 Å². The van der Waals surface area contributed by atoms with Crippen LogP contribution in [0.3, 0.4) is 0 Å². The normalized spacial score (nSPS) is 29.9. The molecule has 2 unspecified atom stereocenters. The van der Waals surface area contributed by atoms with Gasteiger partial charge in [-0.2, -0.15) is 0 Å². The molecule has 0 radical (unpaired) electrons. The van der Waals surface area contributed by atoms with Crippen LogP contribution in [0, 0.1) is 11.8 Å². The highest BCUT2D eigenvalue weighted by Crippen LogP contribution is 2.51. The number of nitrogens with one attached hydrogen (secondary N) is 3. The molecule has 6 atom stereocenters. The Balaban J connectivity index is 1.00. The minimum atomic E-state index is -1.14. The Morgan fingerprint density at radius 1 is 1.11 bits per heavy atom. The van der Waals surface area contributed by atoms with Crippen molar-refractivity contribution >= 4 is 35.5 Å². The average Bonchev–Trinajstić information content (AvgIpc) is 3.77. The van der Waals surface area contributed by atoms with Gasteiger partial charge in [0, 0.05) is 94.1 Å². The summed E-state index contributed by atoms with van der Waals surface area (Å²) in [5.74, 6) is -2.43. The summed E-state index contributed by atoms with van der Waals surface area (Å²) in [6, 6.07) is -1.16. The van der Waals surface area contributed by atoms with Crippen molar-refractivity contribution in [3.05, 3.63) is 16.9 Å². The molecule has 6 heterocycles. The summed E-state index contributed by atoms with van der Waals surface area (Å²) < 4.78 is 1.29. The molecular formula is C28H43N11O5S. The second kappa shape index (κ2) is 13.7. The van der Waals surface area contributed by atoms with Crippen LogP contribution in [0.2, 0.25) is 0 Å². The lowest BCUT2D eigenvalue weighted by Gasteiger charge is -2.47. The third kappa shape index (κ3) is 6.72. The molecule has 246 valence electrons. The number of β-lactam (4-membered cyclic amide) rings is 1. The Labute approximate surface area is 266 Å². The van der Waals surface area contributed by atoms with Gasteiger partial charge in [0.25, 0.3) is 0 Å². The molecule has 4 fully saturated rings. The Kier molecular flexibility index (Phi) is 9.70. The highest BCUT2D eigenvalue weighted by atomic mass is 32.2. The number of carboxylic acid groups (broad SMARTS) is 1. The largest absolute Gasteiger partial charge is 0.477 e. The number of hydrogen-bond donors (Lipinski definition) is 4. The topological polar surface area (TPSA) is 181 Å². The number of tetrazole rings is 1. The number of nitrogens with zero attached hydrogens (tertiary/aromatic N) is 8. The van der Waals surface area contributed by atoms with E-state index >= 15 is 0 Å². The van der Waals surface area contributed by atoms with Crippen LogP contribution < -0.4 is 16.0 Å². The lowest BCUT2D eigenvalue weighted by Crippen LogP contribution is -2.66. The maximum Gasteiger partial charge on any atom is 0.353 e. The molecule has 16 nitrogen and oxygen atoms in total. The van der Waals surface area contributed by atoms with Crippen molar-refractivity contribution in [1.82, 2.24) is 55.8 Å². The molecule has 0 aromatic carbocycles. The van der Waals surface area contributed by atoms with Gasteiger partial charge < -0.3 is 30.9 Å². The first kappa shape index (κ1) is 31.8. The number of amides is 3. The Bertz CT molecular complexity index is 1300. The van der Waals surface area contributed by atoms with Crippen LogP contribution in [0.4, 0.5) is 0 Å². The fourth-order valence-electron chi connectivity index (χ4n) is 7.28. The Morgan fingerprint density at radius 3 is 2.49 bits per heavy atom. The van der Waals surface area contributed by atoms with Crippen LogP contribution in [0.5, 0.6) is 0 Å². The summed E-state index contributed by atoms with van der Waals surface area (Å²) in [5, 5.41) is 30.5. The SMILES string of the molecule is C[C@@H](NC(=O)Cn1cnnn1)[C@H]1C(=O)N2C(C(=O)O)=C(SC3CNC(C(=O)N4CCN(CCN5CCNCC5)CC4)C3)[C@H](C)[C@@H]12. The lowest BCUT2D eigenvalue weighted by molar-refractivity contribution is -0.158. The van der Waals surface area contributed by atoms with Gasteiger partial charge in [-0.05, 0) is 23.8 Å². The Hall–Kier alpha value is -3.12. The summed E-state index contributed by atoms with van der Waals surface area (Å²) in [6.45, 7) is 13.7. The lowest BCUT2D eigenvalue weighted by atomic mass is 9.78. The zero-order chi connectivity index (χ0) is 31.7. The van der Waals surface area contributed by atoms with Crippen LogP contribution in [-0.2, 0) is 25.7 Å². The number of thioether (sulfide) groups is 1. The zero-order valence-electron chi connectivity index (χ0n) is 25.8. The van der Waals surface area contributed by atoms with Gasteiger partial charge in [-0.15, -0.1) is 16.9 Å². The molecule has 0 aliphatic carbocycles. The summed E-state index contributed by atoms with van der Waals surface area (Å²) in [6.07, 6.45) is 1.93. The standard InChI is InChI=1S/C28H43N11O5S/c1-17-23-22(18(2)32-21(40)15-38-16-31-33-34-38)27(42)39(23)24(28(43)44)25(17)45-19-13-20(30-14-19)26(41)37-11-9-36(10-12-37)8-7-35-5-3-29-4-6-35/h16-20,22-23,29-30H,3-15H2,1-2H3,(H,32,40)(H,43,44)/t17-,18-,19?,20?,22-,23+/m1/s1. The van der Waals surface area contributed by atoms with Gasteiger partial charge in [0.1, 0.15) is 18.6 Å². The molecule has 0 spiro atoms. The average molecular weight is 646 g/mol. The number of carboxylic acids is 1. The van der Waals surface area contributed by atoms with Crippen LogP contribution in [0.1, 0.15) is 20.3 Å². The van der Waals surface area contributed by atoms with E-state index in [9.17, 15) is 24.3 Å². The molecule has 0 saturated carbocycles. The predicted molar refractivity (Wildman–Crippen MR) is 163 cm³/mol.